The van der Waals surface area contributed by atoms with Crippen molar-refractivity contribution in [3.63, 3.8) is 0 Å². The van der Waals surface area contributed by atoms with Gasteiger partial charge in [-0.15, -0.1) is 0 Å². The van der Waals surface area contributed by atoms with Crippen molar-refractivity contribution in [1.82, 2.24) is 4.90 Å². The molecule has 5 heteroatoms. The summed E-state index contributed by atoms with van der Waals surface area (Å²) < 4.78 is 13.7. The van der Waals surface area contributed by atoms with Crippen molar-refractivity contribution in [1.29, 1.82) is 0 Å². The predicted molar refractivity (Wildman–Crippen MR) is 71.5 cm³/mol. The molecule has 3 nitrogen and oxygen atoms in total. The molecule has 1 aliphatic carbocycles. The standard InChI is InChI=1S/C14H16ClFN2O/c15-9-3-4-12(16)10(5-9)14(19)18-6-11(8-1-2-8)13(17)7-18/h3-5,8,11,13H,1-2,6-7,17H2/t11-,13+/m1/s1. The molecule has 0 unspecified atom stereocenters. The monoisotopic (exact) mass is 282 g/mol. The van der Waals surface area contributed by atoms with Crippen molar-refractivity contribution < 1.29 is 9.18 Å². The van der Waals surface area contributed by atoms with Gasteiger partial charge in [-0.2, -0.15) is 0 Å². The zero-order chi connectivity index (χ0) is 13.6. The number of nitrogens with two attached hydrogens (primary N) is 1. The van der Waals surface area contributed by atoms with Crippen LogP contribution in [0.15, 0.2) is 18.2 Å². The molecule has 0 bridgehead atoms. The zero-order valence-corrected chi connectivity index (χ0v) is 11.2. The summed E-state index contributed by atoms with van der Waals surface area (Å²) in [5.41, 5.74) is 6.12. The van der Waals surface area contributed by atoms with E-state index in [0.29, 0.717) is 29.9 Å². The first-order valence-electron chi connectivity index (χ1n) is 6.56. The molecule has 0 spiro atoms. The average Bonchev–Trinajstić information content (AvgIpc) is 3.15. The fourth-order valence-electron chi connectivity index (χ4n) is 2.87. The fourth-order valence-corrected chi connectivity index (χ4v) is 3.05. The van der Waals surface area contributed by atoms with E-state index < -0.39 is 5.82 Å². The lowest BCUT2D eigenvalue weighted by atomic mass is 9.99. The largest absolute Gasteiger partial charge is 0.337 e. The molecule has 102 valence electrons. The molecule has 1 saturated carbocycles. The highest BCUT2D eigenvalue weighted by Gasteiger charge is 2.42. The maximum atomic E-state index is 13.7. The summed E-state index contributed by atoms with van der Waals surface area (Å²) in [7, 11) is 0. The lowest BCUT2D eigenvalue weighted by Crippen LogP contribution is -2.33. The minimum atomic E-state index is -0.530. The normalized spacial score (nSPS) is 26.8. The van der Waals surface area contributed by atoms with Gasteiger partial charge in [0.1, 0.15) is 5.82 Å². The van der Waals surface area contributed by atoms with Gasteiger partial charge in [0.15, 0.2) is 0 Å². The van der Waals surface area contributed by atoms with Crippen LogP contribution >= 0.6 is 11.6 Å². The molecule has 1 heterocycles. The molecule has 0 aromatic heterocycles. The SMILES string of the molecule is N[C@H]1CN(C(=O)c2cc(Cl)ccc2F)C[C@@H]1C1CC1. The highest BCUT2D eigenvalue weighted by Crippen LogP contribution is 2.41. The molecule has 19 heavy (non-hydrogen) atoms. The van der Waals surface area contributed by atoms with Crippen LogP contribution in [-0.4, -0.2) is 29.9 Å². The number of likely N-dealkylation sites (tertiary alicyclic amines) is 1. The van der Waals surface area contributed by atoms with E-state index in [-0.39, 0.29) is 17.5 Å². The third-order valence-corrected chi connectivity index (χ3v) is 4.32. The number of hydrogen-bond acceptors (Lipinski definition) is 2. The maximum Gasteiger partial charge on any atom is 0.256 e. The molecule has 1 aromatic rings. The van der Waals surface area contributed by atoms with Gasteiger partial charge in [0.25, 0.3) is 5.91 Å². The van der Waals surface area contributed by atoms with Crippen LogP contribution in [0.25, 0.3) is 0 Å². The molecular weight excluding hydrogens is 267 g/mol. The van der Waals surface area contributed by atoms with Crippen molar-refractivity contribution in [3.8, 4) is 0 Å². The summed E-state index contributed by atoms with van der Waals surface area (Å²) in [6, 6.07) is 4.06. The number of benzene rings is 1. The number of rotatable bonds is 2. The first-order valence-corrected chi connectivity index (χ1v) is 6.94. The fraction of sp³-hybridized carbons (Fsp3) is 0.500. The Labute approximate surface area is 116 Å². The van der Waals surface area contributed by atoms with Crippen LogP contribution in [0.5, 0.6) is 0 Å². The van der Waals surface area contributed by atoms with Crippen molar-refractivity contribution in [3.05, 3.63) is 34.6 Å². The molecule has 3 rings (SSSR count). The van der Waals surface area contributed by atoms with Gasteiger partial charge in [0, 0.05) is 24.2 Å². The molecule has 2 fully saturated rings. The number of hydrogen-bond donors (Lipinski definition) is 1. The molecule has 2 N–H and O–H groups in total. The Morgan fingerprint density at radius 3 is 2.79 bits per heavy atom. The Hall–Kier alpha value is -1.13. The number of nitrogens with zero attached hydrogens (tertiary/aromatic N) is 1. The first kappa shape index (κ1) is 12.9. The minimum absolute atomic E-state index is 0.0127. The lowest BCUT2D eigenvalue weighted by molar-refractivity contribution is 0.0780. The summed E-state index contributed by atoms with van der Waals surface area (Å²) in [5.74, 6) is 0.180. The summed E-state index contributed by atoms with van der Waals surface area (Å²) in [4.78, 5) is 14.0. The third kappa shape index (κ3) is 2.47. The second-order valence-electron chi connectivity index (χ2n) is 5.50. The molecule has 2 aliphatic rings. The Morgan fingerprint density at radius 1 is 1.37 bits per heavy atom. The van der Waals surface area contributed by atoms with E-state index in [1.807, 2.05) is 0 Å². The average molecular weight is 283 g/mol. The van der Waals surface area contributed by atoms with Crippen molar-refractivity contribution >= 4 is 17.5 Å². The highest BCUT2D eigenvalue weighted by atomic mass is 35.5. The van der Waals surface area contributed by atoms with Crippen LogP contribution in [0.3, 0.4) is 0 Å². The second-order valence-corrected chi connectivity index (χ2v) is 5.94. The van der Waals surface area contributed by atoms with Crippen molar-refractivity contribution in [2.45, 2.75) is 18.9 Å². The van der Waals surface area contributed by atoms with Crippen molar-refractivity contribution in [2.24, 2.45) is 17.6 Å². The van der Waals surface area contributed by atoms with E-state index in [2.05, 4.69) is 0 Å². The number of amides is 1. The van der Waals surface area contributed by atoms with Gasteiger partial charge in [-0.25, -0.2) is 4.39 Å². The van der Waals surface area contributed by atoms with E-state index in [4.69, 9.17) is 17.3 Å². The Morgan fingerprint density at radius 2 is 2.11 bits per heavy atom. The third-order valence-electron chi connectivity index (χ3n) is 4.09. The second kappa shape index (κ2) is 4.76. The molecular formula is C14H16ClFN2O. The molecule has 0 radical (unpaired) electrons. The quantitative estimate of drug-likeness (QED) is 0.905. The topological polar surface area (TPSA) is 46.3 Å². The summed E-state index contributed by atoms with van der Waals surface area (Å²) in [6.07, 6.45) is 2.40. The summed E-state index contributed by atoms with van der Waals surface area (Å²) in [6.45, 7) is 1.14. The predicted octanol–water partition coefficient (Wildman–Crippen LogP) is 2.29. The lowest BCUT2D eigenvalue weighted by Gasteiger charge is -2.16. The highest BCUT2D eigenvalue weighted by molar-refractivity contribution is 6.31. The molecule has 1 aromatic carbocycles. The van der Waals surface area contributed by atoms with Gasteiger partial charge in [-0.1, -0.05) is 11.6 Å². The number of carbonyl (C=O) groups excluding carboxylic acids is 1. The summed E-state index contributed by atoms with van der Waals surface area (Å²) >= 11 is 5.82. The van der Waals surface area contributed by atoms with Crippen LogP contribution in [-0.2, 0) is 0 Å². The summed E-state index contributed by atoms with van der Waals surface area (Å²) in [5, 5.41) is 0.368. The molecule has 1 saturated heterocycles. The van der Waals surface area contributed by atoms with Crippen LogP contribution in [0.1, 0.15) is 23.2 Å². The van der Waals surface area contributed by atoms with Gasteiger partial charge in [-0.3, -0.25) is 4.79 Å². The first-order chi connectivity index (χ1) is 9.06. The van der Waals surface area contributed by atoms with E-state index in [1.54, 1.807) is 4.90 Å². The number of carbonyl (C=O) groups is 1. The van der Waals surface area contributed by atoms with Gasteiger partial charge < -0.3 is 10.6 Å². The Bertz CT molecular complexity index is 518. The Kier molecular flexibility index (Phi) is 3.23. The Balaban J connectivity index is 1.79. The van der Waals surface area contributed by atoms with E-state index in [1.165, 1.54) is 31.0 Å². The van der Waals surface area contributed by atoms with Gasteiger partial charge in [0.05, 0.1) is 5.56 Å². The van der Waals surface area contributed by atoms with E-state index in [9.17, 15) is 9.18 Å². The van der Waals surface area contributed by atoms with Gasteiger partial charge in [0.2, 0.25) is 0 Å². The molecule has 1 amide bonds. The smallest absolute Gasteiger partial charge is 0.256 e. The van der Waals surface area contributed by atoms with Crippen molar-refractivity contribution in [2.75, 3.05) is 13.1 Å². The van der Waals surface area contributed by atoms with Crippen LogP contribution in [0, 0.1) is 17.7 Å². The maximum absolute atomic E-state index is 13.7. The zero-order valence-electron chi connectivity index (χ0n) is 10.5. The van der Waals surface area contributed by atoms with E-state index >= 15 is 0 Å². The van der Waals surface area contributed by atoms with E-state index in [0.717, 1.165) is 0 Å². The van der Waals surface area contributed by atoms with Crippen LogP contribution in [0.4, 0.5) is 4.39 Å². The molecule has 1 aliphatic heterocycles. The van der Waals surface area contributed by atoms with Gasteiger partial charge in [-0.05, 0) is 42.9 Å². The van der Waals surface area contributed by atoms with Crippen LogP contribution < -0.4 is 5.73 Å². The molecule has 2 atom stereocenters. The minimum Gasteiger partial charge on any atom is -0.337 e. The van der Waals surface area contributed by atoms with Crippen LogP contribution in [0.2, 0.25) is 5.02 Å². The number of halogens is 2. The van der Waals surface area contributed by atoms with Gasteiger partial charge >= 0.3 is 0 Å².